The van der Waals surface area contributed by atoms with Crippen LogP contribution in [0.25, 0.3) is 0 Å². The van der Waals surface area contributed by atoms with Gasteiger partial charge in [0.25, 0.3) is 0 Å². The molecule has 116 valence electrons. The van der Waals surface area contributed by atoms with Crippen molar-refractivity contribution < 1.29 is 13.2 Å². The van der Waals surface area contributed by atoms with E-state index in [9.17, 15) is 13.2 Å². The molecule has 5 nitrogen and oxygen atoms in total. The van der Waals surface area contributed by atoms with Gasteiger partial charge in [-0.2, -0.15) is 23.5 Å². The van der Waals surface area contributed by atoms with Crippen molar-refractivity contribution in [1.29, 1.82) is 5.26 Å². The Hall–Kier alpha value is -1.91. The van der Waals surface area contributed by atoms with E-state index in [2.05, 4.69) is 10.4 Å². The first-order valence-electron chi connectivity index (χ1n) is 7.01. The second-order valence-corrected chi connectivity index (χ2v) is 5.25. The largest absolute Gasteiger partial charge is 0.390 e. The number of hydrogen-bond donors (Lipinski definition) is 2. The van der Waals surface area contributed by atoms with Crippen LogP contribution in [-0.4, -0.2) is 22.5 Å². The van der Waals surface area contributed by atoms with E-state index in [-0.39, 0.29) is 29.8 Å². The number of nitrogens with zero attached hydrogens (tertiary/aromatic N) is 3. The Kier molecular flexibility index (Phi) is 4.60. The lowest BCUT2D eigenvalue weighted by Gasteiger charge is -2.22. The topological polar surface area (TPSA) is 79.7 Å². The van der Waals surface area contributed by atoms with Crippen LogP contribution in [0.3, 0.4) is 0 Å². The molecule has 0 aliphatic heterocycles. The summed E-state index contributed by atoms with van der Waals surface area (Å²) in [4.78, 5) is 0. The van der Waals surface area contributed by atoms with Crippen molar-refractivity contribution in [2.24, 2.45) is 0 Å². The second-order valence-electron chi connectivity index (χ2n) is 5.25. The summed E-state index contributed by atoms with van der Waals surface area (Å²) >= 11 is 0. The SMILES string of the molecule is N#Cc1c(NCCC(F)(F)F)nn(C2CCCCC2)c1N. The van der Waals surface area contributed by atoms with Gasteiger partial charge in [0.1, 0.15) is 17.5 Å². The van der Waals surface area contributed by atoms with Crippen LogP contribution in [0.4, 0.5) is 24.8 Å². The van der Waals surface area contributed by atoms with Crippen LogP contribution < -0.4 is 11.1 Å². The number of anilines is 2. The standard InChI is InChI=1S/C13H18F3N5/c14-13(15,16)6-7-19-12-10(8-17)11(18)21(20-12)9-4-2-1-3-5-9/h9H,1-7,18H2,(H,19,20). The lowest BCUT2D eigenvalue weighted by molar-refractivity contribution is -0.131. The fraction of sp³-hybridized carbons (Fsp3) is 0.692. The van der Waals surface area contributed by atoms with E-state index in [1.807, 2.05) is 6.07 Å². The number of alkyl halides is 3. The van der Waals surface area contributed by atoms with Crippen molar-refractivity contribution in [3.8, 4) is 6.07 Å². The average Bonchev–Trinajstić information content (AvgIpc) is 2.74. The van der Waals surface area contributed by atoms with Gasteiger partial charge in [-0.25, -0.2) is 4.68 Å². The van der Waals surface area contributed by atoms with Gasteiger partial charge >= 0.3 is 6.18 Å². The van der Waals surface area contributed by atoms with Crippen molar-refractivity contribution in [3.05, 3.63) is 5.56 Å². The predicted molar refractivity (Wildman–Crippen MR) is 72.6 cm³/mol. The second kappa shape index (κ2) is 6.24. The third kappa shape index (κ3) is 3.80. The van der Waals surface area contributed by atoms with Crippen LogP contribution in [0, 0.1) is 11.3 Å². The van der Waals surface area contributed by atoms with E-state index in [0.29, 0.717) is 0 Å². The van der Waals surface area contributed by atoms with Crippen molar-refractivity contribution in [2.75, 3.05) is 17.6 Å². The van der Waals surface area contributed by atoms with Crippen molar-refractivity contribution in [1.82, 2.24) is 9.78 Å². The number of nitrogens with two attached hydrogens (primary N) is 1. The molecule has 0 atom stereocenters. The van der Waals surface area contributed by atoms with Gasteiger partial charge in [0.15, 0.2) is 5.82 Å². The smallest absolute Gasteiger partial charge is 0.383 e. The lowest BCUT2D eigenvalue weighted by Crippen LogP contribution is -2.17. The summed E-state index contributed by atoms with van der Waals surface area (Å²) < 4.78 is 38.1. The van der Waals surface area contributed by atoms with Gasteiger partial charge in [-0.15, -0.1) is 0 Å². The fourth-order valence-corrected chi connectivity index (χ4v) is 2.61. The van der Waals surface area contributed by atoms with Crippen molar-refractivity contribution in [2.45, 2.75) is 50.7 Å². The van der Waals surface area contributed by atoms with Gasteiger partial charge in [0.05, 0.1) is 12.5 Å². The van der Waals surface area contributed by atoms with Crippen molar-refractivity contribution in [3.63, 3.8) is 0 Å². The minimum atomic E-state index is -4.24. The van der Waals surface area contributed by atoms with Crippen LogP contribution in [0.2, 0.25) is 0 Å². The van der Waals surface area contributed by atoms with Crippen LogP contribution in [0.15, 0.2) is 0 Å². The molecule has 1 aliphatic rings. The van der Waals surface area contributed by atoms with E-state index >= 15 is 0 Å². The normalized spacial score (nSPS) is 16.7. The highest BCUT2D eigenvalue weighted by Crippen LogP contribution is 2.32. The summed E-state index contributed by atoms with van der Waals surface area (Å²) in [5.41, 5.74) is 6.05. The summed E-state index contributed by atoms with van der Waals surface area (Å²) in [6.45, 7) is -0.320. The molecular weight excluding hydrogens is 283 g/mol. The fourth-order valence-electron chi connectivity index (χ4n) is 2.61. The van der Waals surface area contributed by atoms with E-state index in [1.165, 1.54) is 6.42 Å². The molecule has 1 heterocycles. The van der Waals surface area contributed by atoms with Crippen LogP contribution in [0.5, 0.6) is 0 Å². The first-order chi connectivity index (χ1) is 9.92. The molecule has 0 unspecified atom stereocenters. The molecule has 0 amide bonds. The first kappa shape index (κ1) is 15.5. The molecular formula is C13H18F3N5. The van der Waals surface area contributed by atoms with E-state index < -0.39 is 12.6 Å². The number of halogens is 3. The third-order valence-electron chi connectivity index (χ3n) is 3.68. The quantitative estimate of drug-likeness (QED) is 0.895. The molecule has 0 bridgehead atoms. The molecule has 1 saturated carbocycles. The molecule has 0 radical (unpaired) electrons. The highest BCUT2D eigenvalue weighted by molar-refractivity contribution is 5.63. The summed E-state index contributed by atoms with van der Waals surface area (Å²) in [6.07, 6.45) is -0.0479. The zero-order chi connectivity index (χ0) is 15.5. The minimum Gasteiger partial charge on any atom is -0.383 e. The Morgan fingerprint density at radius 2 is 2.00 bits per heavy atom. The Labute approximate surface area is 120 Å². The number of rotatable bonds is 4. The maximum Gasteiger partial charge on any atom is 0.390 e. The monoisotopic (exact) mass is 301 g/mol. The first-order valence-corrected chi connectivity index (χ1v) is 7.01. The Bertz CT molecular complexity index is 523. The predicted octanol–water partition coefficient (Wildman–Crippen LogP) is 3.21. The van der Waals surface area contributed by atoms with E-state index in [0.717, 1.165) is 25.7 Å². The molecule has 8 heteroatoms. The molecule has 0 aromatic carbocycles. The summed E-state index contributed by atoms with van der Waals surface area (Å²) in [7, 11) is 0. The van der Waals surface area contributed by atoms with Crippen LogP contribution in [-0.2, 0) is 0 Å². The summed E-state index contributed by atoms with van der Waals surface area (Å²) in [6, 6.07) is 2.05. The van der Waals surface area contributed by atoms with Crippen LogP contribution in [0.1, 0.15) is 50.1 Å². The summed E-state index contributed by atoms with van der Waals surface area (Å²) in [5, 5.41) is 15.9. The molecule has 0 saturated heterocycles. The molecule has 2 rings (SSSR count). The maximum absolute atomic E-state index is 12.2. The Morgan fingerprint density at radius 3 is 2.57 bits per heavy atom. The van der Waals surface area contributed by atoms with Gasteiger partial charge in [0.2, 0.25) is 0 Å². The zero-order valence-electron chi connectivity index (χ0n) is 11.6. The summed E-state index contributed by atoms with van der Waals surface area (Å²) in [5.74, 6) is 0.378. The number of nitrogens with one attached hydrogen (secondary N) is 1. The Morgan fingerprint density at radius 1 is 1.33 bits per heavy atom. The van der Waals surface area contributed by atoms with Gasteiger partial charge in [-0.1, -0.05) is 19.3 Å². The molecule has 0 spiro atoms. The number of nitriles is 1. The number of nitrogen functional groups attached to an aromatic ring is 1. The molecule has 3 N–H and O–H groups in total. The lowest BCUT2D eigenvalue weighted by atomic mass is 9.96. The highest BCUT2D eigenvalue weighted by Gasteiger charge is 2.27. The minimum absolute atomic E-state index is 0.128. The molecule has 1 aliphatic carbocycles. The zero-order valence-corrected chi connectivity index (χ0v) is 11.6. The molecule has 1 aromatic heterocycles. The molecule has 1 fully saturated rings. The van der Waals surface area contributed by atoms with Crippen LogP contribution >= 0.6 is 0 Å². The van der Waals surface area contributed by atoms with Gasteiger partial charge in [-0.3, -0.25) is 0 Å². The number of hydrogen-bond acceptors (Lipinski definition) is 4. The van der Waals surface area contributed by atoms with Gasteiger partial charge in [-0.05, 0) is 12.8 Å². The van der Waals surface area contributed by atoms with Crippen molar-refractivity contribution >= 4 is 11.6 Å². The average molecular weight is 301 g/mol. The van der Waals surface area contributed by atoms with E-state index in [4.69, 9.17) is 11.0 Å². The highest BCUT2D eigenvalue weighted by atomic mass is 19.4. The van der Waals surface area contributed by atoms with Gasteiger partial charge < -0.3 is 11.1 Å². The maximum atomic E-state index is 12.2. The van der Waals surface area contributed by atoms with E-state index in [1.54, 1.807) is 4.68 Å². The third-order valence-corrected chi connectivity index (χ3v) is 3.68. The molecule has 1 aromatic rings. The Balaban J connectivity index is 2.12. The van der Waals surface area contributed by atoms with Gasteiger partial charge in [0, 0.05) is 6.54 Å². The molecule has 21 heavy (non-hydrogen) atoms. The number of aromatic nitrogens is 2.